The normalized spacial score (nSPS) is 15.3. The van der Waals surface area contributed by atoms with Crippen LogP contribution in [0.3, 0.4) is 0 Å². The number of benzene rings is 2. The Labute approximate surface area is 151 Å². The highest BCUT2D eigenvalue weighted by Gasteiger charge is 2.22. The van der Waals surface area contributed by atoms with E-state index in [-0.39, 0.29) is 5.78 Å². The summed E-state index contributed by atoms with van der Waals surface area (Å²) < 4.78 is 0. The summed E-state index contributed by atoms with van der Waals surface area (Å²) in [6.07, 6.45) is 3.47. The number of hydrogen-bond acceptors (Lipinski definition) is 3. The van der Waals surface area contributed by atoms with Gasteiger partial charge in [0.2, 0.25) is 0 Å². The second kappa shape index (κ2) is 10.00. The van der Waals surface area contributed by atoms with Gasteiger partial charge < -0.3 is 5.73 Å². The summed E-state index contributed by atoms with van der Waals surface area (Å²) in [5, 5.41) is 0. The molecule has 0 amide bonds. The Bertz CT molecular complexity index is 646. The van der Waals surface area contributed by atoms with Gasteiger partial charge in [0.05, 0.1) is 6.54 Å². The fourth-order valence-electron chi connectivity index (χ4n) is 3.34. The summed E-state index contributed by atoms with van der Waals surface area (Å²) in [5.41, 5.74) is 8.54. The van der Waals surface area contributed by atoms with E-state index in [1.165, 1.54) is 5.56 Å². The van der Waals surface area contributed by atoms with Gasteiger partial charge in [-0.2, -0.15) is 0 Å². The summed E-state index contributed by atoms with van der Waals surface area (Å²) in [6, 6.07) is 18.0. The Balaban J connectivity index is 0.00000109. The first-order valence-electron chi connectivity index (χ1n) is 9.36. The molecule has 1 saturated heterocycles. The monoisotopic (exact) mass is 338 g/mol. The number of para-hydroxylation sites is 1. The Morgan fingerprint density at radius 1 is 1.00 bits per heavy atom. The van der Waals surface area contributed by atoms with Gasteiger partial charge >= 0.3 is 0 Å². The molecule has 3 heteroatoms. The van der Waals surface area contributed by atoms with E-state index in [0.29, 0.717) is 17.8 Å². The molecule has 0 unspecified atom stereocenters. The quantitative estimate of drug-likeness (QED) is 0.648. The fourth-order valence-corrected chi connectivity index (χ4v) is 3.34. The molecular weight excluding hydrogens is 308 g/mol. The number of anilines is 1. The van der Waals surface area contributed by atoms with Crippen molar-refractivity contribution in [3.05, 3.63) is 65.7 Å². The zero-order chi connectivity index (χ0) is 18.1. The summed E-state index contributed by atoms with van der Waals surface area (Å²) in [6.45, 7) is 6.47. The number of hydrogen-bond donors (Lipinski definition) is 1. The van der Waals surface area contributed by atoms with Gasteiger partial charge in [0.25, 0.3) is 0 Å². The van der Waals surface area contributed by atoms with Crippen LogP contribution < -0.4 is 5.73 Å². The highest BCUT2D eigenvalue weighted by atomic mass is 16.1. The van der Waals surface area contributed by atoms with Gasteiger partial charge in [0.15, 0.2) is 5.78 Å². The summed E-state index contributed by atoms with van der Waals surface area (Å²) in [5.74, 6) is 0.857. The molecule has 1 aliphatic heterocycles. The van der Waals surface area contributed by atoms with E-state index in [1.54, 1.807) is 6.07 Å². The third-order valence-electron chi connectivity index (χ3n) is 4.70. The Hall–Kier alpha value is -2.13. The van der Waals surface area contributed by atoms with Crippen molar-refractivity contribution in [2.75, 3.05) is 25.4 Å². The minimum atomic E-state index is 0.129. The molecule has 1 fully saturated rings. The van der Waals surface area contributed by atoms with Gasteiger partial charge in [-0.25, -0.2) is 0 Å². The molecule has 25 heavy (non-hydrogen) atoms. The number of rotatable bonds is 5. The van der Waals surface area contributed by atoms with Crippen molar-refractivity contribution in [1.29, 1.82) is 0 Å². The predicted molar refractivity (Wildman–Crippen MR) is 106 cm³/mol. The van der Waals surface area contributed by atoms with Crippen LogP contribution in [0.4, 0.5) is 5.69 Å². The third-order valence-corrected chi connectivity index (χ3v) is 4.70. The molecule has 2 aromatic carbocycles. The van der Waals surface area contributed by atoms with Gasteiger partial charge in [0.1, 0.15) is 0 Å². The number of ketones is 1. The number of nitrogens with two attached hydrogens (primary N) is 1. The van der Waals surface area contributed by atoms with Gasteiger partial charge in [-0.3, -0.25) is 9.69 Å². The second-order valence-corrected chi connectivity index (χ2v) is 6.42. The number of carbonyl (C=O) groups is 1. The SMILES string of the molecule is CC.Nc1ccccc1C(=O)CN1CCC(Cc2ccccc2)CC1. The molecule has 2 N–H and O–H groups in total. The maximum Gasteiger partial charge on any atom is 0.178 e. The van der Waals surface area contributed by atoms with Crippen molar-refractivity contribution in [2.45, 2.75) is 33.1 Å². The van der Waals surface area contributed by atoms with Crippen molar-refractivity contribution in [2.24, 2.45) is 5.92 Å². The van der Waals surface area contributed by atoms with Crippen LogP contribution in [-0.2, 0) is 6.42 Å². The number of Topliss-reactive ketones (excluding diaryl/α,β-unsaturated/α-hetero) is 1. The standard InChI is InChI=1S/C20H24N2O.C2H6/c21-19-9-5-4-8-18(19)20(23)15-22-12-10-17(11-13-22)14-16-6-2-1-3-7-16;1-2/h1-9,17H,10-15,21H2;1-2H3. The van der Waals surface area contributed by atoms with Crippen LogP contribution in [0.15, 0.2) is 54.6 Å². The first-order chi connectivity index (χ1) is 12.2. The lowest BCUT2D eigenvalue weighted by molar-refractivity contribution is 0.0896. The molecule has 0 radical (unpaired) electrons. The van der Waals surface area contributed by atoms with E-state index in [1.807, 2.05) is 32.0 Å². The van der Waals surface area contributed by atoms with Gasteiger partial charge in [-0.1, -0.05) is 56.3 Å². The molecule has 3 nitrogen and oxygen atoms in total. The minimum Gasteiger partial charge on any atom is -0.398 e. The molecule has 3 rings (SSSR count). The van der Waals surface area contributed by atoms with Crippen molar-refractivity contribution in [1.82, 2.24) is 4.90 Å². The van der Waals surface area contributed by atoms with Crippen molar-refractivity contribution < 1.29 is 4.79 Å². The topological polar surface area (TPSA) is 46.3 Å². The third kappa shape index (κ3) is 5.71. The first-order valence-corrected chi connectivity index (χ1v) is 9.36. The van der Waals surface area contributed by atoms with E-state index in [4.69, 9.17) is 5.73 Å². The lowest BCUT2D eigenvalue weighted by Gasteiger charge is -2.31. The molecule has 0 bridgehead atoms. The lowest BCUT2D eigenvalue weighted by atomic mass is 9.90. The maximum absolute atomic E-state index is 12.4. The van der Waals surface area contributed by atoms with Crippen LogP contribution in [0.1, 0.15) is 42.6 Å². The van der Waals surface area contributed by atoms with Gasteiger partial charge in [-0.15, -0.1) is 0 Å². The van der Waals surface area contributed by atoms with Gasteiger partial charge in [0, 0.05) is 11.3 Å². The molecule has 0 aliphatic carbocycles. The predicted octanol–water partition coefficient (Wildman–Crippen LogP) is 4.43. The van der Waals surface area contributed by atoms with E-state index in [0.717, 1.165) is 38.3 Å². The van der Waals surface area contributed by atoms with Crippen LogP contribution in [0.5, 0.6) is 0 Å². The molecular formula is C22H30N2O. The average molecular weight is 338 g/mol. The number of nitrogens with zero attached hydrogens (tertiary/aromatic N) is 1. The van der Waals surface area contributed by atoms with E-state index in [9.17, 15) is 4.79 Å². The molecule has 0 aromatic heterocycles. The van der Waals surface area contributed by atoms with Crippen molar-refractivity contribution >= 4 is 11.5 Å². The number of piperidine rings is 1. The smallest absolute Gasteiger partial charge is 0.178 e. The van der Waals surface area contributed by atoms with Gasteiger partial charge in [-0.05, 0) is 56.0 Å². The molecule has 0 saturated carbocycles. The van der Waals surface area contributed by atoms with E-state index in [2.05, 4.69) is 35.2 Å². The molecule has 2 aromatic rings. The number of nitrogen functional groups attached to an aromatic ring is 1. The zero-order valence-corrected chi connectivity index (χ0v) is 15.4. The Kier molecular flexibility index (Phi) is 7.68. The largest absolute Gasteiger partial charge is 0.398 e. The molecule has 0 atom stereocenters. The van der Waals surface area contributed by atoms with E-state index >= 15 is 0 Å². The van der Waals surface area contributed by atoms with Crippen LogP contribution in [0, 0.1) is 5.92 Å². The van der Waals surface area contributed by atoms with Crippen molar-refractivity contribution in [3.8, 4) is 0 Å². The first kappa shape index (κ1) is 19.2. The molecule has 134 valence electrons. The minimum absolute atomic E-state index is 0.129. The molecule has 0 spiro atoms. The Morgan fingerprint density at radius 2 is 1.60 bits per heavy atom. The lowest BCUT2D eigenvalue weighted by Crippen LogP contribution is -2.38. The average Bonchev–Trinajstić information content (AvgIpc) is 2.66. The summed E-state index contributed by atoms with van der Waals surface area (Å²) in [7, 11) is 0. The highest BCUT2D eigenvalue weighted by molar-refractivity contribution is 6.02. The van der Waals surface area contributed by atoms with Crippen LogP contribution >= 0.6 is 0 Å². The second-order valence-electron chi connectivity index (χ2n) is 6.42. The molecule has 1 aliphatic rings. The fraction of sp³-hybridized carbons (Fsp3) is 0.409. The number of likely N-dealkylation sites (tertiary alicyclic amines) is 1. The maximum atomic E-state index is 12.4. The number of carbonyl (C=O) groups excluding carboxylic acids is 1. The van der Waals surface area contributed by atoms with E-state index < -0.39 is 0 Å². The summed E-state index contributed by atoms with van der Waals surface area (Å²) >= 11 is 0. The van der Waals surface area contributed by atoms with Crippen molar-refractivity contribution in [3.63, 3.8) is 0 Å². The Morgan fingerprint density at radius 3 is 2.24 bits per heavy atom. The summed E-state index contributed by atoms with van der Waals surface area (Å²) in [4.78, 5) is 14.6. The molecule has 1 heterocycles. The van der Waals surface area contributed by atoms with Crippen LogP contribution in [0.25, 0.3) is 0 Å². The highest BCUT2D eigenvalue weighted by Crippen LogP contribution is 2.22. The zero-order valence-electron chi connectivity index (χ0n) is 15.4. The van der Waals surface area contributed by atoms with Crippen LogP contribution in [0.2, 0.25) is 0 Å². The van der Waals surface area contributed by atoms with Crippen LogP contribution in [-0.4, -0.2) is 30.3 Å².